The van der Waals surface area contributed by atoms with Crippen LogP contribution in [0.25, 0.3) is 5.57 Å². The van der Waals surface area contributed by atoms with Crippen molar-refractivity contribution >= 4 is 40.9 Å². The number of carbonyl (C=O) groups excluding carboxylic acids is 4. The van der Waals surface area contributed by atoms with E-state index < -0.39 is 42.6 Å². The number of nitrogens with zero attached hydrogens (tertiary/aromatic N) is 4. The summed E-state index contributed by atoms with van der Waals surface area (Å²) >= 11 is 0. The zero-order valence-electron chi connectivity index (χ0n) is 36.7. The van der Waals surface area contributed by atoms with Gasteiger partial charge in [0.1, 0.15) is 19.0 Å². The Kier molecular flexibility index (Phi) is 13.0. The first-order valence-electron chi connectivity index (χ1n) is 21.6. The third-order valence-corrected chi connectivity index (χ3v) is 12.7. The van der Waals surface area contributed by atoms with Gasteiger partial charge in [-0.15, -0.1) is 0 Å². The highest BCUT2D eigenvalue weighted by Gasteiger charge is 2.58. The van der Waals surface area contributed by atoms with Crippen LogP contribution < -0.4 is 33.5 Å². The number of fused-ring (bicyclic) bond motifs is 4. The fraction of sp³-hybridized carbons (Fsp3) is 0.417. The molecule has 2 fully saturated rings. The van der Waals surface area contributed by atoms with Gasteiger partial charge in [-0.2, -0.15) is 0 Å². The normalized spacial score (nSPS) is 21.2. The van der Waals surface area contributed by atoms with Gasteiger partial charge in [0, 0.05) is 24.9 Å². The van der Waals surface area contributed by atoms with E-state index in [1.807, 2.05) is 24.3 Å². The van der Waals surface area contributed by atoms with Gasteiger partial charge in [-0.3, -0.25) is 9.59 Å². The summed E-state index contributed by atoms with van der Waals surface area (Å²) in [5.41, 5.74) is 2.14. The molecule has 344 valence electrons. The molecule has 5 aliphatic rings. The summed E-state index contributed by atoms with van der Waals surface area (Å²) < 4.78 is 39.8. The Bertz CT molecular complexity index is 2380. The monoisotopic (exact) mass is 894 g/mol. The fourth-order valence-electron chi connectivity index (χ4n) is 9.09. The van der Waals surface area contributed by atoms with E-state index in [4.69, 9.17) is 33.2 Å². The number of hydrogen-bond acceptors (Lipinski definition) is 13. The molecule has 3 aromatic rings. The number of hydrogen-bond donors (Lipinski definition) is 2. The van der Waals surface area contributed by atoms with Gasteiger partial charge in [0.25, 0.3) is 11.8 Å². The van der Waals surface area contributed by atoms with Gasteiger partial charge in [0.2, 0.25) is 0 Å². The molecule has 2 unspecified atom stereocenters. The number of aliphatic hydroxyl groups excluding tert-OH is 2. The van der Waals surface area contributed by atoms with Crippen molar-refractivity contribution in [1.29, 1.82) is 0 Å². The number of ether oxygens (including phenoxy) is 7. The molecule has 0 radical (unpaired) electrons. The van der Waals surface area contributed by atoms with Gasteiger partial charge >= 0.3 is 12.2 Å². The summed E-state index contributed by atoms with van der Waals surface area (Å²) in [5.74, 6) is 0.994. The van der Waals surface area contributed by atoms with E-state index in [1.54, 1.807) is 24.3 Å². The lowest BCUT2D eigenvalue weighted by molar-refractivity contribution is 0.0496. The standard InChI is InChI=1S/C48H54N4O13/c1-6-17-64-46(57)51-34-24-40(38(60-4)22-32(34)42(53)49-27-30(21-36(49)44(51)55)29-11-13-31(59-3)14-12-29)62-19-9-8-10-20-63-41-25-35-33(23-39(41)61-5)43(54)50-28-48(15-16-48)26-37(50)45(56)52(35)47(58)65-18-7-2/h6-7,11-14,22-25,27,36-37,44-45,55-56H,1-2,8-10,15-21,26,28H2,3-5H3/t36-,37-,44?,45?/m0/s1. The highest BCUT2D eigenvalue weighted by molar-refractivity contribution is 6.08. The Morgan fingerprint density at radius 2 is 1.26 bits per heavy atom. The van der Waals surface area contributed by atoms with Crippen LogP contribution >= 0.6 is 0 Å². The number of carbonyl (C=O) groups is 4. The largest absolute Gasteiger partial charge is 0.497 e. The summed E-state index contributed by atoms with van der Waals surface area (Å²) in [6.07, 6.45) is 4.56. The Balaban J connectivity index is 0.950. The molecular weight excluding hydrogens is 841 g/mol. The first-order chi connectivity index (χ1) is 31.5. The van der Waals surface area contributed by atoms with Crippen LogP contribution in [0, 0.1) is 5.41 Å². The second-order valence-electron chi connectivity index (χ2n) is 16.7. The van der Waals surface area contributed by atoms with E-state index in [9.17, 15) is 29.4 Å². The van der Waals surface area contributed by atoms with Crippen LogP contribution in [0.1, 0.15) is 71.2 Å². The Morgan fingerprint density at radius 3 is 1.77 bits per heavy atom. The van der Waals surface area contributed by atoms with Crippen LogP contribution in [0.15, 0.2) is 80.0 Å². The van der Waals surface area contributed by atoms with Crippen LogP contribution in [-0.2, 0) is 9.47 Å². The number of benzene rings is 3. The van der Waals surface area contributed by atoms with Crippen molar-refractivity contribution in [3.05, 3.63) is 96.7 Å². The fourth-order valence-corrected chi connectivity index (χ4v) is 9.09. The number of unbranched alkanes of at least 4 members (excludes halogenated alkanes) is 2. The molecular formula is C48H54N4O13. The molecule has 0 bridgehead atoms. The number of methoxy groups -OCH3 is 3. The zero-order valence-corrected chi connectivity index (χ0v) is 36.7. The molecule has 0 aromatic heterocycles. The average molecular weight is 895 g/mol. The maximum atomic E-state index is 14.3. The van der Waals surface area contributed by atoms with E-state index in [-0.39, 0.29) is 83.9 Å². The van der Waals surface area contributed by atoms with Crippen molar-refractivity contribution in [3.8, 4) is 28.7 Å². The molecule has 17 heteroatoms. The summed E-state index contributed by atoms with van der Waals surface area (Å²) in [5, 5.41) is 23.5. The molecule has 4 aliphatic heterocycles. The Morgan fingerprint density at radius 1 is 0.723 bits per heavy atom. The third-order valence-electron chi connectivity index (χ3n) is 12.7. The Hall–Kier alpha value is -6.72. The summed E-state index contributed by atoms with van der Waals surface area (Å²) in [6.45, 7) is 8.00. The third kappa shape index (κ3) is 8.65. The van der Waals surface area contributed by atoms with Gasteiger partial charge < -0.3 is 53.2 Å². The molecule has 1 spiro atoms. The van der Waals surface area contributed by atoms with Crippen molar-refractivity contribution in [2.75, 3.05) is 64.1 Å². The SMILES string of the molecule is C=CCOC(=O)N1c2cc(OCCCCCOc3cc4c(cc3OC)C(=O)N3CC5(CC5)C[C@H]3C(O)N4C(=O)OCC=C)c(OC)cc2C(=O)N2C=C(c3ccc(OC)cc3)C[C@H]2C1O. The highest BCUT2D eigenvalue weighted by atomic mass is 16.6. The molecule has 3 aromatic carbocycles. The van der Waals surface area contributed by atoms with Gasteiger partial charge in [-0.05, 0) is 85.8 Å². The van der Waals surface area contributed by atoms with E-state index >= 15 is 0 Å². The average Bonchev–Trinajstić information content (AvgIpc) is 3.79. The van der Waals surface area contributed by atoms with Crippen LogP contribution in [0.5, 0.6) is 28.7 Å². The minimum absolute atomic E-state index is 0.0351. The lowest BCUT2D eigenvalue weighted by Gasteiger charge is -2.31. The lowest BCUT2D eigenvalue weighted by Crippen LogP contribution is -2.50. The quantitative estimate of drug-likeness (QED) is 0.117. The van der Waals surface area contributed by atoms with Gasteiger partial charge in [0.05, 0.1) is 69.1 Å². The maximum Gasteiger partial charge on any atom is 0.416 e. The Labute approximate surface area is 376 Å². The number of anilines is 2. The first-order valence-corrected chi connectivity index (χ1v) is 21.6. The van der Waals surface area contributed by atoms with E-state index in [1.165, 1.54) is 49.5 Å². The number of amides is 4. The molecule has 4 atom stereocenters. The summed E-state index contributed by atoms with van der Waals surface area (Å²) in [6, 6.07) is 12.0. The highest BCUT2D eigenvalue weighted by Crippen LogP contribution is 2.57. The topological polar surface area (TPSA) is 186 Å². The molecule has 1 saturated heterocycles. The molecule has 4 amide bonds. The van der Waals surface area contributed by atoms with Crippen molar-refractivity contribution in [1.82, 2.24) is 9.80 Å². The maximum absolute atomic E-state index is 14.3. The van der Waals surface area contributed by atoms with Gasteiger partial charge in [-0.1, -0.05) is 37.4 Å². The minimum Gasteiger partial charge on any atom is -0.497 e. The lowest BCUT2D eigenvalue weighted by atomic mass is 10.0. The van der Waals surface area contributed by atoms with Crippen molar-refractivity contribution < 1.29 is 62.5 Å². The predicted molar refractivity (Wildman–Crippen MR) is 238 cm³/mol. The second kappa shape index (κ2) is 18.8. The number of aliphatic hydroxyl groups is 2. The van der Waals surface area contributed by atoms with Crippen LogP contribution in [0.3, 0.4) is 0 Å². The molecule has 65 heavy (non-hydrogen) atoms. The molecule has 1 aliphatic carbocycles. The van der Waals surface area contributed by atoms with E-state index in [0.717, 1.165) is 33.8 Å². The molecule has 17 nitrogen and oxygen atoms in total. The van der Waals surface area contributed by atoms with Crippen LogP contribution in [-0.4, -0.2) is 123 Å². The first kappa shape index (κ1) is 44.9. The molecule has 1 saturated carbocycles. The van der Waals surface area contributed by atoms with Crippen molar-refractivity contribution in [3.63, 3.8) is 0 Å². The predicted octanol–water partition coefficient (Wildman–Crippen LogP) is 6.51. The van der Waals surface area contributed by atoms with Gasteiger partial charge in [-0.25, -0.2) is 19.4 Å². The smallest absolute Gasteiger partial charge is 0.416 e. The molecule has 2 N–H and O–H groups in total. The van der Waals surface area contributed by atoms with Crippen molar-refractivity contribution in [2.24, 2.45) is 5.41 Å². The zero-order chi connectivity index (χ0) is 46.0. The van der Waals surface area contributed by atoms with Crippen LogP contribution in [0.2, 0.25) is 0 Å². The molecule has 8 rings (SSSR count). The van der Waals surface area contributed by atoms with Gasteiger partial charge in [0.15, 0.2) is 35.5 Å². The van der Waals surface area contributed by atoms with E-state index in [2.05, 4.69) is 13.2 Å². The summed E-state index contributed by atoms with van der Waals surface area (Å²) in [7, 11) is 4.49. The number of rotatable bonds is 16. The minimum atomic E-state index is -1.49. The summed E-state index contributed by atoms with van der Waals surface area (Å²) in [4.78, 5) is 60.6. The van der Waals surface area contributed by atoms with E-state index in [0.29, 0.717) is 43.7 Å². The molecule has 4 heterocycles. The van der Waals surface area contributed by atoms with Crippen LogP contribution in [0.4, 0.5) is 21.0 Å². The second-order valence-corrected chi connectivity index (χ2v) is 16.7. The van der Waals surface area contributed by atoms with Crippen molar-refractivity contribution in [2.45, 2.75) is 69.5 Å².